The van der Waals surface area contributed by atoms with Crippen molar-refractivity contribution < 1.29 is 58.2 Å². The van der Waals surface area contributed by atoms with Crippen LogP contribution >= 0.6 is 0 Å². The summed E-state index contributed by atoms with van der Waals surface area (Å²) in [6.07, 6.45) is 2.30. The normalized spacial score (nSPS) is 15.1. The predicted molar refractivity (Wildman–Crippen MR) is 112 cm³/mol. The van der Waals surface area contributed by atoms with Crippen LogP contribution < -0.4 is 44.9 Å². The topological polar surface area (TPSA) is 110 Å². The molecule has 2 aromatic rings. The number of ketones is 1. The number of benzene rings is 2. The molecule has 0 unspecified atom stereocenters. The van der Waals surface area contributed by atoms with Crippen LogP contribution in [0.3, 0.4) is 0 Å². The van der Waals surface area contributed by atoms with Crippen LogP contribution in [0.25, 0.3) is 0 Å². The zero-order chi connectivity index (χ0) is 23.3. The monoisotopic (exact) mass is 461 g/mol. The average Bonchev–Trinajstić information content (AvgIpc) is 2.75. The molecule has 1 aliphatic heterocycles. The second-order valence-corrected chi connectivity index (χ2v) is 7.23. The van der Waals surface area contributed by atoms with Gasteiger partial charge in [-0.15, -0.1) is 0 Å². The molecular weight excluding hydrogens is 440 g/mol. The molecule has 0 aliphatic carbocycles. The number of likely N-dealkylation sites (N-methyl/N-ethyl adjacent to an activating group) is 1. The summed E-state index contributed by atoms with van der Waals surface area (Å²) in [5.41, 5.74) is 1.34. The van der Waals surface area contributed by atoms with Crippen molar-refractivity contribution in [3.63, 3.8) is 0 Å². The number of nitrogens with one attached hydrogen (secondary N) is 1. The molecular formula is C23H21FN3NaO5. The van der Waals surface area contributed by atoms with Gasteiger partial charge < -0.3 is 20.1 Å². The van der Waals surface area contributed by atoms with Gasteiger partial charge >= 0.3 is 35.6 Å². The Kier molecular flexibility index (Phi) is 9.33. The van der Waals surface area contributed by atoms with Gasteiger partial charge in [-0.1, -0.05) is 30.3 Å². The Hall–Kier alpha value is -3.01. The Balaban J connectivity index is 0.00000385. The van der Waals surface area contributed by atoms with Crippen LogP contribution in [0.4, 0.5) is 14.9 Å². The minimum atomic E-state index is -1.46. The molecule has 1 aliphatic rings. The van der Waals surface area contributed by atoms with E-state index in [4.69, 9.17) is 0 Å². The van der Waals surface area contributed by atoms with E-state index in [1.807, 2.05) is 0 Å². The minimum Gasteiger partial charge on any atom is -0.550 e. The van der Waals surface area contributed by atoms with Crippen molar-refractivity contribution in [1.82, 2.24) is 10.2 Å². The third-order valence-electron chi connectivity index (χ3n) is 4.94. The fourth-order valence-electron chi connectivity index (χ4n) is 3.32. The first-order valence-electron chi connectivity index (χ1n) is 9.86. The molecule has 0 radical (unpaired) electrons. The van der Waals surface area contributed by atoms with E-state index in [0.717, 1.165) is 4.90 Å². The summed E-state index contributed by atoms with van der Waals surface area (Å²) in [7, 11) is 1.46. The van der Waals surface area contributed by atoms with E-state index in [0.29, 0.717) is 11.1 Å². The number of urea groups is 1. The average molecular weight is 461 g/mol. The molecule has 1 heterocycles. The Morgan fingerprint density at radius 3 is 2.58 bits per heavy atom. The number of rotatable bonds is 7. The molecule has 0 saturated carbocycles. The summed E-state index contributed by atoms with van der Waals surface area (Å²) in [5.74, 6) is -2.94. The molecule has 3 rings (SSSR count). The SMILES string of the molecule is CN1C=CC(=O)[C@H](N(C(=O)NCCC(=O)[O-])c2cccc(Cc3ccccc3F)c2)C1=O.[Na+]. The molecule has 2 aromatic carbocycles. The van der Waals surface area contributed by atoms with Crippen LogP contribution in [0.5, 0.6) is 0 Å². The number of hydrogen-bond donors (Lipinski definition) is 1. The van der Waals surface area contributed by atoms with Gasteiger partial charge in [0.1, 0.15) is 5.82 Å². The number of carboxylic acid groups (broad SMARTS) is 1. The van der Waals surface area contributed by atoms with Crippen LogP contribution in [-0.4, -0.2) is 48.2 Å². The maximum atomic E-state index is 14.1. The molecule has 10 heteroatoms. The number of anilines is 1. The number of nitrogens with zero attached hydrogens (tertiary/aromatic N) is 2. The summed E-state index contributed by atoms with van der Waals surface area (Å²) in [5, 5.41) is 13.1. The number of hydrogen-bond acceptors (Lipinski definition) is 5. The van der Waals surface area contributed by atoms with E-state index in [1.165, 1.54) is 30.3 Å². The van der Waals surface area contributed by atoms with Crippen LogP contribution in [0.2, 0.25) is 0 Å². The predicted octanol–water partition coefficient (Wildman–Crippen LogP) is -2.00. The van der Waals surface area contributed by atoms with Crippen molar-refractivity contribution in [2.75, 3.05) is 18.5 Å². The molecule has 0 fully saturated rings. The van der Waals surface area contributed by atoms with E-state index in [9.17, 15) is 28.7 Å². The molecule has 0 bridgehead atoms. The minimum absolute atomic E-state index is 0. The molecule has 0 aromatic heterocycles. The number of carbonyl (C=O) groups excluding carboxylic acids is 4. The summed E-state index contributed by atoms with van der Waals surface area (Å²) in [6, 6.07) is 10.5. The zero-order valence-electron chi connectivity index (χ0n) is 18.3. The van der Waals surface area contributed by atoms with Gasteiger partial charge in [0, 0.05) is 50.4 Å². The van der Waals surface area contributed by atoms with Crippen molar-refractivity contribution >= 4 is 29.4 Å². The Morgan fingerprint density at radius 2 is 1.88 bits per heavy atom. The summed E-state index contributed by atoms with van der Waals surface area (Å²) >= 11 is 0. The van der Waals surface area contributed by atoms with Gasteiger partial charge in [0.2, 0.25) is 0 Å². The van der Waals surface area contributed by atoms with Crippen molar-refractivity contribution in [2.24, 2.45) is 0 Å². The molecule has 166 valence electrons. The Morgan fingerprint density at radius 1 is 1.15 bits per heavy atom. The molecule has 0 saturated heterocycles. The molecule has 1 atom stereocenters. The smallest absolute Gasteiger partial charge is 0.550 e. The van der Waals surface area contributed by atoms with Crippen LogP contribution in [0.1, 0.15) is 17.5 Å². The van der Waals surface area contributed by atoms with Crippen molar-refractivity contribution in [3.05, 3.63) is 77.8 Å². The van der Waals surface area contributed by atoms with Crippen molar-refractivity contribution in [1.29, 1.82) is 0 Å². The number of carbonyl (C=O) groups is 4. The number of amides is 3. The number of halogens is 1. The summed E-state index contributed by atoms with van der Waals surface area (Å²) in [4.78, 5) is 51.1. The quantitative estimate of drug-likeness (QED) is 0.379. The summed E-state index contributed by atoms with van der Waals surface area (Å²) in [6.45, 7) is -0.243. The third kappa shape index (κ3) is 6.50. The molecule has 33 heavy (non-hydrogen) atoms. The Bertz CT molecular complexity index is 1090. The largest absolute Gasteiger partial charge is 1.00 e. The molecule has 8 nitrogen and oxygen atoms in total. The van der Waals surface area contributed by atoms with Crippen LogP contribution in [0, 0.1) is 5.82 Å². The first kappa shape index (κ1) is 26.2. The van der Waals surface area contributed by atoms with Crippen LogP contribution in [-0.2, 0) is 20.8 Å². The van der Waals surface area contributed by atoms with Crippen LogP contribution in [0.15, 0.2) is 60.8 Å². The fourth-order valence-corrected chi connectivity index (χ4v) is 3.32. The van der Waals surface area contributed by atoms with Gasteiger partial charge in [-0.25, -0.2) is 9.18 Å². The first-order valence-corrected chi connectivity index (χ1v) is 9.86. The van der Waals surface area contributed by atoms with Gasteiger partial charge in [-0.05, 0) is 29.3 Å². The standard InChI is InChI=1S/C23H22FN3O5.Na/c1-26-12-10-19(28)21(22(26)31)27(23(32)25-11-9-20(29)30)17-7-4-5-15(14-17)13-16-6-2-3-8-18(16)24;/h2-8,10,12,14,21H,9,11,13H2,1H3,(H,25,32)(H,29,30);/q;+1/p-1/t21-;/m0./s1. The number of aliphatic carboxylic acids is 1. The van der Waals surface area contributed by atoms with Crippen molar-refractivity contribution in [2.45, 2.75) is 18.9 Å². The van der Waals surface area contributed by atoms with Gasteiger partial charge in [0.25, 0.3) is 5.91 Å². The van der Waals surface area contributed by atoms with Gasteiger partial charge in [0.05, 0.1) is 0 Å². The van der Waals surface area contributed by atoms with Gasteiger partial charge in [-0.3, -0.25) is 14.5 Å². The van der Waals surface area contributed by atoms with E-state index in [2.05, 4.69) is 5.32 Å². The summed E-state index contributed by atoms with van der Waals surface area (Å²) < 4.78 is 14.1. The fraction of sp³-hybridized carbons (Fsp3) is 0.217. The molecule has 0 spiro atoms. The van der Waals surface area contributed by atoms with Gasteiger partial charge in [-0.2, -0.15) is 0 Å². The van der Waals surface area contributed by atoms with E-state index in [1.54, 1.807) is 42.5 Å². The van der Waals surface area contributed by atoms with Crippen molar-refractivity contribution in [3.8, 4) is 0 Å². The Labute approximate surface area is 212 Å². The zero-order valence-corrected chi connectivity index (χ0v) is 20.3. The van der Waals surface area contributed by atoms with Gasteiger partial charge in [0.15, 0.2) is 11.8 Å². The molecule has 3 amide bonds. The second kappa shape index (κ2) is 11.7. The number of carboxylic acids is 1. The molecule has 1 N–H and O–H groups in total. The second-order valence-electron chi connectivity index (χ2n) is 7.23. The third-order valence-corrected chi connectivity index (χ3v) is 4.94. The van der Waals surface area contributed by atoms with E-state index < -0.39 is 36.2 Å². The van der Waals surface area contributed by atoms with E-state index in [-0.39, 0.29) is 54.0 Å². The first-order chi connectivity index (χ1) is 15.3. The van der Waals surface area contributed by atoms with E-state index >= 15 is 0 Å². The maximum absolute atomic E-state index is 14.1. The maximum Gasteiger partial charge on any atom is 1.00 e.